The summed E-state index contributed by atoms with van der Waals surface area (Å²) in [5, 5.41) is 7.47. The van der Waals surface area contributed by atoms with Crippen molar-refractivity contribution < 1.29 is 17.9 Å². The van der Waals surface area contributed by atoms with E-state index in [1.54, 1.807) is 11.9 Å². The van der Waals surface area contributed by atoms with Crippen molar-refractivity contribution in [2.45, 2.75) is 26.1 Å². The van der Waals surface area contributed by atoms with E-state index in [-0.39, 0.29) is 11.7 Å². The van der Waals surface area contributed by atoms with Crippen molar-refractivity contribution in [1.82, 2.24) is 0 Å². The Morgan fingerprint density at radius 1 is 1.38 bits per heavy atom. The average molecular weight is 303 g/mol. The normalized spacial score (nSPS) is 11.8. The summed E-state index contributed by atoms with van der Waals surface area (Å²) in [4.78, 5) is 1.72. The number of nitrogens with one attached hydrogen (secondary N) is 1. The molecule has 0 aliphatic carbocycles. The molecule has 0 spiro atoms. The van der Waals surface area contributed by atoms with Crippen LogP contribution in [0.25, 0.3) is 0 Å². The van der Waals surface area contributed by atoms with Crippen molar-refractivity contribution in [2.24, 2.45) is 5.73 Å². The molecule has 4 nitrogen and oxygen atoms in total. The highest BCUT2D eigenvalue weighted by atomic mass is 19.4. The Hall–Kier alpha value is -1.76. The number of benzene rings is 1. The van der Waals surface area contributed by atoms with Gasteiger partial charge in [-0.25, -0.2) is 0 Å². The first-order valence-corrected chi connectivity index (χ1v) is 6.51. The van der Waals surface area contributed by atoms with Gasteiger partial charge in [0, 0.05) is 24.8 Å². The van der Waals surface area contributed by atoms with E-state index in [9.17, 15) is 13.2 Å². The molecule has 0 aliphatic heterocycles. The zero-order chi connectivity index (χ0) is 16.2. The lowest BCUT2D eigenvalue weighted by molar-refractivity contribution is -0.137. The molecular weight excluding hydrogens is 283 g/mol. The summed E-state index contributed by atoms with van der Waals surface area (Å²) in [7, 11) is 1.72. The molecule has 1 aromatic rings. The van der Waals surface area contributed by atoms with Crippen molar-refractivity contribution in [1.29, 1.82) is 5.41 Å². The minimum atomic E-state index is -4.46. The van der Waals surface area contributed by atoms with Gasteiger partial charge in [0.15, 0.2) is 0 Å². The highest BCUT2D eigenvalue weighted by molar-refractivity contribution is 6.00. The second-order valence-electron chi connectivity index (χ2n) is 4.98. The van der Waals surface area contributed by atoms with Gasteiger partial charge in [-0.1, -0.05) is 0 Å². The number of hydrogen-bond acceptors (Lipinski definition) is 3. The molecule has 0 unspecified atom stereocenters. The summed E-state index contributed by atoms with van der Waals surface area (Å²) >= 11 is 0. The summed E-state index contributed by atoms with van der Waals surface area (Å²) in [5.74, 6) is -0.396. The molecule has 21 heavy (non-hydrogen) atoms. The van der Waals surface area contributed by atoms with E-state index in [0.717, 1.165) is 12.1 Å². The van der Waals surface area contributed by atoms with Gasteiger partial charge in [-0.2, -0.15) is 13.2 Å². The maximum Gasteiger partial charge on any atom is 0.416 e. The fourth-order valence-electron chi connectivity index (χ4n) is 1.81. The minimum Gasteiger partial charge on any atom is -0.384 e. The maximum atomic E-state index is 12.7. The Bertz CT molecular complexity index is 501. The molecule has 0 fully saturated rings. The second kappa shape index (κ2) is 6.80. The van der Waals surface area contributed by atoms with E-state index in [2.05, 4.69) is 0 Å². The first-order chi connectivity index (χ1) is 9.62. The highest BCUT2D eigenvalue weighted by Crippen LogP contribution is 2.32. The molecule has 0 amide bonds. The summed E-state index contributed by atoms with van der Waals surface area (Å²) in [6.07, 6.45) is -4.37. The molecule has 0 saturated carbocycles. The number of alkyl halides is 3. The predicted octanol–water partition coefficient (Wildman–Crippen LogP) is 2.85. The molecule has 0 bridgehead atoms. The van der Waals surface area contributed by atoms with Crippen LogP contribution >= 0.6 is 0 Å². The van der Waals surface area contributed by atoms with Gasteiger partial charge in [0.25, 0.3) is 0 Å². The van der Waals surface area contributed by atoms with E-state index in [1.807, 2.05) is 13.8 Å². The van der Waals surface area contributed by atoms with Crippen LogP contribution in [-0.4, -0.2) is 32.1 Å². The van der Waals surface area contributed by atoms with E-state index in [1.165, 1.54) is 6.07 Å². The Morgan fingerprint density at radius 2 is 2.00 bits per heavy atom. The van der Waals surface area contributed by atoms with E-state index < -0.39 is 17.6 Å². The molecule has 7 heteroatoms. The molecular formula is C14H20F3N3O. The van der Waals surface area contributed by atoms with Gasteiger partial charge < -0.3 is 15.4 Å². The molecule has 0 heterocycles. The summed E-state index contributed by atoms with van der Waals surface area (Å²) in [6.45, 7) is 4.73. The number of anilines is 1. The Kier molecular flexibility index (Phi) is 5.60. The van der Waals surface area contributed by atoms with E-state index in [0.29, 0.717) is 18.8 Å². The van der Waals surface area contributed by atoms with E-state index in [4.69, 9.17) is 15.9 Å². The average Bonchev–Trinajstić information content (AvgIpc) is 2.36. The zero-order valence-electron chi connectivity index (χ0n) is 12.3. The molecule has 3 N–H and O–H groups in total. The number of likely N-dealkylation sites (N-methyl/N-ethyl adjacent to an activating group) is 1. The number of nitrogens with two attached hydrogens (primary N) is 1. The van der Waals surface area contributed by atoms with Crippen molar-refractivity contribution >= 4 is 11.5 Å². The van der Waals surface area contributed by atoms with Crippen LogP contribution in [0.2, 0.25) is 0 Å². The van der Waals surface area contributed by atoms with Crippen molar-refractivity contribution in [3.05, 3.63) is 29.3 Å². The first-order valence-electron chi connectivity index (χ1n) is 6.51. The number of amidine groups is 1. The third kappa shape index (κ3) is 4.93. The number of rotatable bonds is 6. The van der Waals surface area contributed by atoms with Crippen LogP contribution < -0.4 is 10.6 Å². The number of nitrogen functional groups attached to an aromatic ring is 1. The van der Waals surface area contributed by atoms with Crippen LogP contribution in [0.3, 0.4) is 0 Å². The Labute approximate surface area is 122 Å². The Balaban J connectivity index is 2.98. The molecule has 0 aromatic heterocycles. The van der Waals surface area contributed by atoms with Gasteiger partial charge in [0.1, 0.15) is 5.84 Å². The van der Waals surface area contributed by atoms with Crippen LogP contribution in [-0.2, 0) is 10.9 Å². The molecule has 0 aliphatic rings. The lowest BCUT2D eigenvalue weighted by Gasteiger charge is -2.23. The van der Waals surface area contributed by atoms with Crippen molar-refractivity contribution in [3.8, 4) is 0 Å². The number of nitrogens with zero attached hydrogens (tertiary/aromatic N) is 1. The lowest BCUT2D eigenvalue weighted by atomic mass is 10.1. The monoisotopic (exact) mass is 303 g/mol. The molecule has 0 saturated heterocycles. The first kappa shape index (κ1) is 17.3. The van der Waals surface area contributed by atoms with Gasteiger partial charge in [-0.05, 0) is 32.0 Å². The second-order valence-corrected chi connectivity index (χ2v) is 4.98. The maximum absolute atomic E-state index is 12.7. The molecule has 0 radical (unpaired) electrons. The highest BCUT2D eigenvalue weighted by Gasteiger charge is 2.31. The lowest BCUT2D eigenvalue weighted by Crippen LogP contribution is -2.27. The summed E-state index contributed by atoms with van der Waals surface area (Å²) < 4.78 is 43.5. The van der Waals surface area contributed by atoms with Crippen LogP contribution in [0.1, 0.15) is 25.0 Å². The van der Waals surface area contributed by atoms with Crippen LogP contribution in [0.5, 0.6) is 0 Å². The van der Waals surface area contributed by atoms with Gasteiger partial charge in [-0.3, -0.25) is 5.41 Å². The van der Waals surface area contributed by atoms with Crippen molar-refractivity contribution in [2.75, 3.05) is 25.1 Å². The van der Waals surface area contributed by atoms with Crippen molar-refractivity contribution in [3.63, 3.8) is 0 Å². The third-order valence-electron chi connectivity index (χ3n) is 2.90. The zero-order valence-corrected chi connectivity index (χ0v) is 12.3. The molecule has 118 valence electrons. The minimum absolute atomic E-state index is 0.0665. The molecule has 0 atom stereocenters. The number of halogens is 3. The topological polar surface area (TPSA) is 62.3 Å². The Morgan fingerprint density at radius 3 is 2.48 bits per heavy atom. The summed E-state index contributed by atoms with van der Waals surface area (Å²) in [6, 6.07) is 3.22. The fourth-order valence-corrected chi connectivity index (χ4v) is 1.81. The third-order valence-corrected chi connectivity index (χ3v) is 2.90. The van der Waals surface area contributed by atoms with Gasteiger partial charge in [0.2, 0.25) is 0 Å². The predicted molar refractivity (Wildman–Crippen MR) is 76.8 cm³/mol. The largest absolute Gasteiger partial charge is 0.416 e. The number of ether oxygens (including phenoxy) is 1. The van der Waals surface area contributed by atoms with Gasteiger partial charge >= 0.3 is 6.18 Å². The van der Waals surface area contributed by atoms with E-state index >= 15 is 0 Å². The number of hydrogen-bond donors (Lipinski definition) is 2. The van der Waals surface area contributed by atoms with Crippen LogP contribution in [0.4, 0.5) is 18.9 Å². The quantitative estimate of drug-likeness (QED) is 0.627. The fraction of sp³-hybridized carbons (Fsp3) is 0.500. The molecule has 1 rings (SSSR count). The standard InChI is InChI=1S/C14H20F3N3O/c1-9(2)21-7-6-20(3)12-5-4-10(14(15,16)17)8-11(12)13(18)19/h4-5,8-9H,6-7H2,1-3H3,(H3,18,19). The van der Waals surface area contributed by atoms with Crippen LogP contribution in [0.15, 0.2) is 18.2 Å². The smallest absolute Gasteiger partial charge is 0.384 e. The van der Waals surface area contributed by atoms with Gasteiger partial charge in [0.05, 0.1) is 18.3 Å². The summed E-state index contributed by atoms with van der Waals surface area (Å²) in [5.41, 5.74) is 5.12. The van der Waals surface area contributed by atoms with Crippen LogP contribution in [0, 0.1) is 5.41 Å². The SMILES string of the molecule is CC(C)OCCN(C)c1ccc(C(F)(F)F)cc1C(=N)N. The van der Waals surface area contributed by atoms with Gasteiger partial charge in [-0.15, -0.1) is 0 Å². The molecule has 1 aromatic carbocycles.